The van der Waals surface area contributed by atoms with Gasteiger partial charge in [0, 0.05) is 5.56 Å². The van der Waals surface area contributed by atoms with Crippen LogP contribution in [0.25, 0.3) is 17.1 Å². The lowest BCUT2D eigenvalue weighted by Crippen LogP contribution is -2.01. The molecule has 0 amide bonds. The zero-order valence-corrected chi connectivity index (χ0v) is 12.8. The molecule has 3 rings (SSSR count). The van der Waals surface area contributed by atoms with Crippen molar-refractivity contribution in [2.75, 3.05) is 14.2 Å². The standard InChI is InChI=1S/C17H15N3O3/c1-22-15-8-6-14(7-9-15)20-11-18-16(19-20)12-4-3-5-13(10-12)17(21)23-2/h3-11H,1-2H3. The molecule has 23 heavy (non-hydrogen) atoms. The molecule has 3 aromatic rings. The van der Waals surface area contributed by atoms with Crippen molar-refractivity contribution in [2.45, 2.75) is 0 Å². The molecule has 0 spiro atoms. The number of nitrogens with zero attached hydrogens (tertiary/aromatic N) is 3. The fraction of sp³-hybridized carbons (Fsp3) is 0.118. The van der Waals surface area contributed by atoms with Gasteiger partial charge in [-0.15, -0.1) is 5.10 Å². The van der Waals surface area contributed by atoms with Crippen molar-refractivity contribution in [3.8, 4) is 22.8 Å². The SMILES string of the molecule is COC(=O)c1cccc(-c2ncn(-c3ccc(OC)cc3)n2)c1. The van der Waals surface area contributed by atoms with Gasteiger partial charge in [-0.25, -0.2) is 14.5 Å². The number of ether oxygens (including phenoxy) is 2. The number of rotatable bonds is 4. The minimum absolute atomic E-state index is 0.388. The van der Waals surface area contributed by atoms with Gasteiger partial charge in [0.2, 0.25) is 0 Å². The van der Waals surface area contributed by atoms with Crippen LogP contribution in [-0.2, 0) is 4.74 Å². The molecule has 2 aromatic carbocycles. The second-order valence-corrected chi connectivity index (χ2v) is 4.78. The Morgan fingerprint density at radius 3 is 2.57 bits per heavy atom. The molecular formula is C17H15N3O3. The number of carbonyl (C=O) groups excluding carboxylic acids is 1. The first-order valence-corrected chi connectivity index (χ1v) is 6.96. The minimum atomic E-state index is -0.388. The quantitative estimate of drug-likeness (QED) is 0.693. The van der Waals surface area contributed by atoms with Crippen LogP contribution in [0.2, 0.25) is 0 Å². The molecule has 116 valence electrons. The Morgan fingerprint density at radius 2 is 1.87 bits per heavy atom. The van der Waals surface area contributed by atoms with E-state index < -0.39 is 0 Å². The van der Waals surface area contributed by atoms with Gasteiger partial charge < -0.3 is 9.47 Å². The lowest BCUT2D eigenvalue weighted by atomic mass is 10.1. The van der Waals surface area contributed by atoms with Crippen molar-refractivity contribution in [1.82, 2.24) is 14.8 Å². The Kier molecular flexibility index (Phi) is 4.05. The Morgan fingerprint density at radius 1 is 1.09 bits per heavy atom. The van der Waals surface area contributed by atoms with Crippen molar-refractivity contribution in [2.24, 2.45) is 0 Å². The van der Waals surface area contributed by atoms with Gasteiger partial charge in [0.25, 0.3) is 0 Å². The molecule has 0 aliphatic rings. The van der Waals surface area contributed by atoms with Crippen LogP contribution in [0.1, 0.15) is 10.4 Å². The van der Waals surface area contributed by atoms with E-state index in [0.29, 0.717) is 11.4 Å². The second kappa shape index (κ2) is 6.31. The number of hydrogen-bond donors (Lipinski definition) is 0. The highest BCUT2D eigenvalue weighted by Crippen LogP contribution is 2.19. The van der Waals surface area contributed by atoms with Gasteiger partial charge in [-0.3, -0.25) is 0 Å². The van der Waals surface area contributed by atoms with Gasteiger partial charge in [0.1, 0.15) is 12.1 Å². The lowest BCUT2D eigenvalue weighted by Gasteiger charge is -2.03. The highest BCUT2D eigenvalue weighted by molar-refractivity contribution is 5.90. The number of esters is 1. The van der Waals surface area contributed by atoms with E-state index in [2.05, 4.69) is 10.1 Å². The predicted molar refractivity (Wildman–Crippen MR) is 84.7 cm³/mol. The molecule has 0 saturated carbocycles. The molecular weight excluding hydrogens is 294 g/mol. The molecule has 0 atom stereocenters. The topological polar surface area (TPSA) is 66.2 Å². The summed E-state index contributed by atoms with van der Waals surface area (Å²) in [5.41, 5.74) is 2.08. The minimum Gasteiger partial charge on any atom is -0.497 e. The number of methoxy groups -OCH3 is 2. The van der Waals surface area contributed by atoms with E-state index in [1.165, 1.54) is 7.11 Å². The average Bonchev–Trinajstić information content (AvgIpc) is 3.11. The number of aromatic nitrogens is 3. The first-order valence-electron chi connectivity index (χ1n) is 6.96. The van der Waals surface area contributed by atoms with E-state index in [-0.39, 0.29) is 5.97 Å². The summed E-state index contributed by atoms with van der Waals surface area (Å²) in [6.07, 6.45) is 1.63. The van der Waals surface area contributed by atoms with Crippen LogP contribution in [0.4, 0.5) is 0 Å². The maximum absolute atomic E-state index is 11.6. The van der Waals surface area contributed by atoms with Crippen LogP contribution in [0.3, 0.4) is 0 Å². The molecule has 6 heteroatoms. The molecule has 0 aliphatic heterocycles. The van der Waals surface area contributed by atoms with Gasteiger partial charge in [-0.2, -0.15) is 0 Å². The number of benzene rings is 2. The average molecular weight is 309 g/mol. The first kappa shape index (κ1) is 14.8. The fourth-order valence-corrected chi connectivity index (χ4v) is 2.16. The molecule has 1 heterocycles. The molecule has 0 unspecified atom stereocenters. The van der Waals surface area contributed by atoms with E-state index in [1.807, 2.05) is 30.3 Å². The molecule has 1 aromatic heterocycles. The third-order valence-corrected chi connectivity index (χ3v) is 3.37. The first-order chi connectivity index (χ1) is 11.2. The van der Waals surface area contributed by atoms with Gasteiger partial charge in [0.15, 0.2) is 5.82 Å². The summed E-state index contributed by atoms with van der Waals surface area (Å²) in [6.45, 7) is 0. The van der Waals surface area contributed by atoms with Crippen LogP contribution in [-0.4, -0.2) is 35.0 Å². The van der Waals surface area contributed by atoms with E-state index in [1.54, 1.807) is 36.3 Å². The zero-order valence-electron chi connectivity index (χ0n) is 12.8. The number of hydrogen-bond acceptors (Lipinski definition) is 5. The van der Waals surface area contributed by atoms with Crippen molar-refractivity contribution in [3.05, 3.63) is 60.4 Å². The molecule has 0 saturated heterocycles. The maximum atomic E-state index is 11.6. The Balaban J connectivity index is 1.90. The van der Waals surface area contributed by atoms with E-state index in [4.69, 9.17) is 9.47 Å². The van der Waals surface area contributed by atoms with E-state index in [9.17, 15) is 4.79 Å². The number of carbonyl (C=O) groups is 1. The van der Waals surface area contributed by atoms with Crippen LogP contribution in [0.5, 0.6) is 5.75 Å². The molecule has 0 bridgehead atoms. The normalized spacial score (nSPS) is 10.3. The van der Waals surface area contributed by atoms with Crippen LogP contribution < -0.4 is 4.74 Å². The summed E-state index contributed by atoms with van der Waals surface area (Å²) in [5, 5.41) is 4.45. The van der Waals surface area contributed by atoms with E-state index in [0.717, 1.165) is 17.0 Å². The van der Waals surface area contributed by atoms with Crippen LogP contribution in [0, 0.1) is 0 Å². The Labute approximate surface area is 133 Å². The summed E-state index contributed by atoms with van der Waals surface area (Å²) in [5.74, 6) is 0.924. The van der Waals surface area contributed by atoms with Gasteiger partial charge in [0.05, 0.1) is 25.5 Å². The Hall–Kier alpha value is -3.15. The Bertz CT molecular complexity index is 825. The monoisotopic (exact) mass is 309 g/mol. The highest BCUT2D eigenvalue weighted by Gasteiger charge is 2.10. The summed E-state index contributed by atoms with van der Waals surface area (Å²) < 4.78 is 11.5. The van der Waals surface area contributed by atoms with Crippen molar-refractivity contribution in [1.29, 1.82) is 0 Å². The summed E-state index contributed by atoms with van der Waals surface area (Å²) in [7, 11) is 2.97. The van der Waals surface area contributed by atoms with Crippen molar-refractivity contribution >= 4 is 5.97 Å². The largest absolute Gasteiger partial charge is 0.497 e. The van der Waals surface area contributed by atoms with Gasteiger partial charge >= 0.3 is 5.97 Å². The lowest BCUT2D eigenvalue weighted by molar-refractivity contribution is 0.0601. The van der Waals surface area contributed by atoms with Crippen molar-refractivity contribution in [3.63, 3.8) is 0 Å². The zero-order chi connectivity index (χ0) is 16.2. The van der Waals surface area contributed by atoms with Crippen LogP contribution in [0.15, 0.2) is 54.9 Å². The maximum Gasteiger partial charge on any atom is 0.337 e. The predicted octanol–water partition coefficient (Wildman–Crippen LogP) is 2.73. The molecule has 6 nitrogen and oxygen atoms in total. The summed E-state index contributed by atoms with van der Waals surface area (Å²) in [6, 6.07) is 14.5. The van der Waals surface area contributed by atoms with Crippen LogP contribution >= 0.6 is 0 Å². The molecule has 0 aliphatic carbocycles. The van der Waals surface area contributed by atoms with Gasteiger partial charge in [-0.1, -0.05) is 12.1 Å². The highest BCUT2D eigenvalue weighted by atomic mass is 16.5. The van der Waals surface area contributed by atoms with Gasteiger partial charge in [-0.05, 0) is 36.4 Å². The molecule has 0 N–H and O–H groups in total. The van der Waals surface area contributed by atoms with E-state index >= 15 is 0 Å². The molecule has 0 fully saturated rings. The smallest absolute Gasteiger partial charge is 0.337 e. The third-order valence-electron chi connectivity index (χ3n) is 3.37. The van der Waals surface area contributed by atoms with Crippen molar-refractivity contribution < 1.29 is 14.3 Å². The molecule has 0 radical (unpaired) electrons. The fourth-order valence-electron chi connectivity index (χ4n) is 2.16. The summed E-state index contributed by atoms with van der Waals surface area (Å²) in [4.78, 5) is 15.9. The summed E-state index contributed by atoms with van der Waals surface area (Å²) >= 11 is 0. The second-order valence-electron chi connectivity index (χ2n) is 4.78. The third kappa shape index (κ3) is 3.06.